The lowest BCUT2D eigenvalue weighted by Gasteiger charge is -2.25. The molecule has 1 aromatic rings. The van der Waals surface area contributed by atoms with Gasteiger partial charge in [0.2, 0.25) is 5.91 Å². The molecule has 0 fully saturated rings. The van der Waals surface area contributed by atoms with Crippen molar-refractivity contribution in [3.05, 3.63) is 42.0 Å². The van der Waals surface area contributed by atoms with Gasteiger partial charge in [-0.1, -0.05) is 30.3 Å². The Morgan fingerprint density at radius 1 is 1.27 bits per heavy atom. The van der Waals surface area contributed by atoms with E-state index in [9.17, 15) is 9.59 Å². The summed E-state index contributed by atoms with van der Waals surface area (Å²) < 4.78 is 0. The Bertz CT molecular complexity index is 554. The maximum atomic E-state index is 12.1. The number of amides is 2. The Kier molecular flexibility index (Phi) is 5.72. The van der Waals surface area contributed by atoms with Crippen molar-refractivity contribution in [2.45, 2.75) is 6.42 Å². The quantitative estimate of drug-likeness (QED) is 0.775. The number of likely N-dealkylation sites (N-methyl/N-ethyl adjacent to an activating group) is 2. The topological polar surface area (TPSA) is 53.9 Å². The highest BCUT2D eigenvalue weighted by molar-refractivity contribution is 5.84. The van der Waals surface area contributed by atoms with Gasteiger partial charge in [-0.05, 0) is 17.2 Å². The SMILES string of the molecule is CNC(=O)CN(C)C(=O)C[NH+]1CC=C(c2ccccc2)CC1. The first-order valence-electron chi connectivity index (χ1n) is 7.62. The van der Waals surface area contributed by atoms with E-state index >= 15 is 0 Å². The van der Waals surface area contributed by atoms with Gasteiger partial charge >= 0.3 is 0 Å². The Morgan fingerprint density at radius 2 is 2.00 bits per heavy atom. The lowest BCUT2D eigenvalue weighted by atomic mass is 10.00. The van der Waals surface area contributed by atoms with E-state index in [1.54, 1.807) is 14.1 Å². The normalized spacial score (nSPS) is 17.5. The zero-order valence-corrected chi connectivity index (χ0v) is 13.3. The monoisotopic (exact) mass is 302 g/mol. The van der Waals surface area contributed by atoms with Crippen molar-refractivity contribution in [1.82, 2.24) is 10.2 Å². The van der Waals surface area contributed by atoms with E-state index in [1.807, 2.05) is 18.2 Å². The fourth-order valence-corrected chi connectivity index (χ4v) is 2.59. The van der Waals surface area contributed by atoms with Crippen molar-refractivity contribution in [3.63, 3.8) is 0 Å². The van der Waals surface area contributed by atoms with Crippen LogP contribution in [0.5, 0.6) is 0 Å². The summed E-state index contributed by atoms with van der Waals surface area (Å²) in [5.74, 6) is -0.133. The molecule has 2 N–H and O–H groups in total. The number of hydrogen-bond donors (Lipinski definition) is 2. The number of carbonyl (C=O) groups is 2. The van der Waals surface area contributed by atoms with Crippen LogP contribution in [0.3, 0.4) is 0 Å². The molecule has 0 bridgehead atoms. The summed E-state index contributed by atoms with van der Waals surface area (Å²) >= 11 is 0. The summed E-state index contributed by atoms with van der Waals surface area (Å²) in [6.45, 7) is 2.35. The van der Waals surface area contributed by atoms with E-state index in [2.05, 4.69) is 23.5 Å². The van der Waals surface area contributed by atoms with E-state index in [4.69, 9.17) is 0 Å². The predicted octanol–water partition coefficient (Wildman–Crippen LogP) is -0.437. The molecule has 0 aromatic heterocycles. The molecule has 22 heavy (non-hydrogen) atoms. The van der Waals surface area contributed by atoms with Crippen LogP contribution in [0.25, 0.3) is 5.57 Å². The van der Waals surface area contributed by atoms with E-state index in [0.717, 1.165) is 19.5 Å². The van der Waals surface area contributed by atoms with Crippen LogP contribution in [-0.4, -0.2) is 57.0 Å². The highest BCUT2D eigenvalue weighted by Gasteiger charge is 2.21. The number of nitrogens with one attached hydrogen (secondary N) is 2. The van der Waals surface area contributed by atoms with Crippen molar-refractivity contribution >= 4 is 17.4 Å². The molecule has 5 heteroatoms. The summed E-state index contributed by atoms with van der Waals surface area (Å²) in [6, 6.07) is 10.4. The Labute approximate surface area is 131 Å². The van der Waals surface area contributed by atoms with Crippen LogP contribution in [0.4, 0.5) is 0 Å². The number of quaternary nitrogens is 1. The lowest BCUT2D eigenvalue weighted by molar-refractivity contribution is -0.887. The molecule has 1 unspecified atom stereocenters. The molecule has 1 atom stereocenters. The smallest absolute Gasteiger partial charge is 0.277 e. The summed E-state index contributed by atoms with van der Waals surface area (Å²) in [7, 11) is 3.25. The highest BCUT2D eigenvalue weighted by Crippen LogP contribution is 2.17. The number of hydrogen-bond acceptors (Lipinski definition) is 2. The summed E-state index contributed by atoms with van der Waals surface area (Å²) in [4.78, 5) is 26.1. The second kappa shape index (κ2) is 7.75. The maximum absolute atomic E-state index is 12.1. The molecule has 0 saturated carbocycles. The van der Waals surface area contributed by atoms with E-state index in [1.165, 1.54) is 20.9 Å². The highest BCUT2D eigenvalue weighted by atomic mass is 16.2. The molecule has 0 aliphatic carbocycles. The molecule has 0 spiro atoms. The van der Waals surface area contributed by atoms with Crippen LogP contribution in [0.15, 0.2) is 36.4 Å². The van der Waals surface area contributed by atoms with Crippen LogP contribution in [0, 0.1) is 0 Å². The molecule has 0 radical (unpaired) electrons. The fraction of sp³-hybridized carbons (Fsp3) is 0.412. The number of carbonyl (C=O) groups excluding carboxylic acids is 2. The van der Waals surface area contributed by atoms with Crippen LogP contribution >= 0.6 is 0 Å². The summed E-state index contributed by atoms with van der Waals surface area (Å²) in [5.41, 5.74) is 2.63. The van der Waals surface area contributed by atoms with Gasteiger partial charge in [-0.15, -0.1) is 0 Å². The molecule has 118 valence electrons. The lowest BCUT2D eigenvalue weighted by Crippen LogP contribution is -3.13. The van der Waals surface area contributed by atoms with Crippen LogP contribution in [-0.2, 0) is 9.59 Å². The largest absolute Gasteiger partial charge is 0.358 e. The van der Waals surface area contributed by atoms with Crippen LogP contribution in [0.1, 0.15) is 12.0 Å². The van der Waals surface area contributed by atoms with E-state index < -0.39 is 0 Å². The van der Waals surface area contributed by atoms with Gasteiger partial charge in [-0.25, -0.2) is 0 Å². The second-order valence-corrected chi connectivity index (χ2v) is 5.65. The van der Waals surface area contributed by atoms with Gasteiger partial charge in [0, 0.05) is 20.5 Å². The molecule has 2 rings (SSSR count). The molecule has 1 aliphatic rings. The third-order valence-electron chi connectivity index (χ3n) is 4.02. The van der Waals surface area contributed by atoms with Gasteiger partial charge in [-0.2, -0.15) is 0 Å². The summed E-state index contributed by atoms with van der Waals surface area (Å²) in [6.07, 6.45) is 3.20. The Balaban J connectivity index is 1.85. The van der Waals surface area contributed by atoms with Gasteiger partial charge in [0.1, 0.15) is 0 Å². The van der Waals surface area contributed by atoms with Crippen molar-refractivity contribution in [1.29, 1.82) is 0 Å². The van der Waals surface area contributed by atoms with Gasteiger partial charge in [-0.3, -0.25) is 9.59 Å². The standard InChI is InChI=1S/C17H23N3O2/c1-18-16(21)12-19(2)17(22)13-20-10-8-15(9-11-20)14-6-4-3-5-7-14/h3-8H,9-13H2,1-2H3,(H,18,21)/p+1. The van der Waals surface area contributed by atoms with Crippen LogP contribution in [0.2, 0.25) is 0 Å². The third kappa shape index (κ3) is 4.43. The van der Waals surface area contributed by atoms with Gasteiger partial charge < -0.3 is 15.1 Å². The fourth-order valence-electron chi connectivity index (χ4n) is 2.59. The molecule has 1 aliphatic heterocycles. The third-order valence-corrected chi connectivity index (χ3v) is 4.02. The first kappa shape index (κ1) is 16.2. The van der Waals surface area contributed by atoms with Gasteiger partial charge in [0.25, 0.3) is 5.91 Å². The van der Waals surface area contributed by atoms with Crippen molar-refractivity contribution in [2.75, 3.05) is 40.3 Å². The Morgan fingerprint density at radius 3 is 2.59 bits per heavy atom. The van der Waals surface area contributed by atoms with Crippen molar-refractivity contribution in [3.8, 4) is 0 Å². The minimum absolute atomic E-state index is 0.00941. The van der Waals surface area contributed by atoms with E-state index in [0.29, 0.717) is 6.54 Å². The first-order chi connectivity index (χ1) is 10.6. The average molecular weight is 302 g/mol. The van der Waals surface area contributed by atoms with Crippen molar-refractivity contribution in [2.24, 2.45) is 0 Å². The predicted molar refractivity (Wildman–Crippen MR) is 86.3 cm³/mol. The molecule has 0 saturated heterocycles. The number of nitrogens with zero attached hydrogens (tertiary/aromatic N) is 1. The molecule has 1 aromatic carbocycles. The molecule has 5 nitrogen and oxygen atoms in total. The van der Waals surface area contributed by atoms with E-state index in [-0.39, 0.29) is 18.4 Å². The maximum Gasteiger partial charge on any atom is 0.277 e. The first-order valence-corrected chi connectivity index (χ1v) is 7.62. The zero-order chi connectivity index (χ0) is 15.9. The average Bonchev–Trinajstić information content (AvgIpc) is 2.56. The number of benzene rings is 1. The van der Waals surface area contributed by atoms with Crippen molar-refractivity contribution < 1.29 is 14.5 Å². The molecular formula is C17H24N3O2+. The Hall–Kier alpha value is -2.14. The summed E-state index contributed by atoms with van der Waals surface area (Å²) in [5, 5.41) is 2.53. The zero-order valence-electron chi connectivity index (χ0n) is 13.3. The molecule has 1 heterocycles. The minimum atomic E-state index is -0.143. The van der Waals surface area contributed by atoms with Gasteiger partial charge in [0.15, 0.2) is 6.54 Å². The number of rotatable bonds is 5. The molecule has 2 amide bonds. The van der Waals surface area contributed by atoms with Gasteiger partial charge in [0.05, 0.1) is 19.6 Å². The molecular weight excluding hydrogens is 278 g/mol. The van der Waals surface area contributed by atoms with Crippen LogP contribution < -0.4 is 10.2 Å². The minimum Gasteiger partial charge on any atom is -0.358 e. The second-order valence-electron chi connectivity index (χ2n) is 5.65.